The van der Waals surface area contributed by atoms with Crippen LogP contribution >= 0.6 is 0 Å². The van der Waals surface area contributed by atoms with Crippen molar-refractivity contribution in [2.45, 2.75) is 129 Å². The van der Waals surface area contributed by atoms with Crippen molar-refractivity contribution in [2.24, 2.45) is 5.92 Å². The van der Waals surface area contributed by atoms with Crippen LogP contribution in [0.2, 0.25) is 0 Å². The Hall–Kier alpha value is -0.0400. The summed E-state index contributed by atoms with van der Waals surface area (Å²) in [5.74, 6) is 0.940. The average molecular weight is 327 g/mol. The van der Waals surface area contributed by atoms with Crippen molar-refractivity contribution in [1.82, 2.24) is 0 Å². The Morgan fingerprint density at radius 2 is 0.826 bits per heavy atom. The molecule has 1 unspecified atom stereocenters. The normalized spacial score (nSPS) is 12.7. The third-order valence-corrected chi connectivity index (χ3v) is 5.30. The van der Waals surface area contributed by atoms with E-state index < -0.39 is 0 Å². The maximum atomic E-state index is 8.71. The van der Waals surface area contributed by atoms with Crippen LogP contribution in [0.25, 0.3) is 0 Å². The van der Waals surface area contributed by atoms with Gasteiger partial charge >= 0.3 is 0 Å². The predicted molar refractivity (Wildman–Crippen MR) is 105 cm³/mol. The number of hydrogen-bond donors (Lipinski definition) is 1. The third-order valence-electron chi connectivity index (χ3n) is 5.30. The molecule has 0 spiro atoms. The van der Waals surface area contributed by atoms with Crippen molar-refractivity contribution in [3.8, 4) is 0 Å². The lowest BCUT2D eigenvalue weighted by atomic mass is 9.99. The minimum Gasteiger partial charge on any atom is -0.396 e. The summed E-state index contributed by atoms with van der Waals surface area (Å²) in [6.07, 6.45) is 25.1. The second kappa shape index (κ2) is 20.0. The number of aliphatic hydroxyl groups excluding tert-OH is 1. The van der Waals surface area contributed by atoms with Gasteiger partial charge in [0.2, 0.25) is 0 Å². The van der Waals surface area contributed by atoms with E-state index in [0.717, 1.165) is 12.3 Å². The molecule has 0 bridgehead atoms. The highest BCUT2D eigenvalue weighted by atomic mass is 16.2. The Morgan fingerprint density at radius 1 is 0.522 bits per heavy atom. The molecule has 0 heterocycles. The molecule has 0 rings (SSSR count). The molecule has 0 aromatic carbocycles. The summed E-state index contributed by atoms with van der Waals surface area (Å²) < 4.78 is 0. The molecule has 0 aromatic rings. The second-order valence-electron chi connectivity index (χ2n) is 7.68. The molecule has 0 radical (unpaired) electrons. The Labute approximate surface area is 147 Å². The standard InChI is InChI=1S/C22H46O/c1-3-22(2)20-18-16-14-12-10-8-6-4-5-7-9-11-13-15-17-19-21-23/h22-23H,3-21H2,1-2H3. The second-order valence-corrected chi connectivity index (χ2v) is 7.68. The van der Waals surface area contributed by atoms with Gasteiger partial charge in [0.15, 0.2) is 0 Å². The van der Waals surface area contributed by atoms with Gasteiger partial charge in [-0.1, -0.05) is 123 Å². The summed E-state index contributed by atoms with van der Waals surface area (Å²) in [4.78, 5) is 0. The summed E-state index contributed by atoms with van der Waals surface area (Å²) >= 11 is 0. The van der Waals surface area contributed by atoms with Crippen molar-refractivity contribution >= 4 is 0 Å². The fourth-order valence-electron chi connectivity index (χ4n) is 3.28. The highest BCUT2D eigenvalue weighted by molar-refractivity contribution is 4.52. The van der Waals surface area contributed by atoms with Crippen LogP contribution in [0.4, 0.5) is 0 Å². The van der Waals surface area contributed by atoms with Gasteiger partial charge in [0.05, 0.1) is 0 Å². The molecule has 0 saturated carbocycles. The molecule has 1 atom stereocenters. The van der Waals surface area contributed by atoms with Crippen LogP contribution in [-0.4, -0.2) is 11.7 Å². The fraction of sp³-hybridized carbons (Fsp3) is 1.00. The van der Waals surface area contributed by atoms with Crippen molar-refractivity contribution in [3.63, 3.8) is 0 Å². The maximum absolute atomic E-state index is 8.71. The van der Waals surface area contributed by atoms with Gasteiger partial charge in [-0.05, 0) is 12.3 Å². The zero-order chi connectivity index (χ0) is 17.0. The first-order chi connectivity index (χ1) is 11.3. The molecule has 0 aliphatic heterocycles. The molecule has 0 saturated heterocycles. The van der Waals surface area contributed by atoms with Crippen molar-refractivity contribution in [2.75, 3.05) is 6.61 Å². The van der Waals surface area contributed by atoms with E-state index in [1.54, 1.807) is 0 Å². The van der Waals surface area contributed by atoms with Gasteiger partial charge < -0.3 is 5.11 Å². The third kappa shape index (κ3) is 19.9. The topological polar surface area (TPSA) is 20.2 Å². The molecular weight excluding hydrogens is 280 g/mol. The van der Waals surface area contributed by atoms with Gasteiger partial charge in [-0.2, -0.15) is 0 Å². The monoisotopic (exact) mass is 326 g/mol. The first-order valence-corrected chi connectivity index (χ1v) is 10.9. The minimum absolute atomic E-state index is 0.373. The van der Waals surface area contributed by atoms with Gasteiger partial charge in [0.1, 0.15) is 0 Å². The van der Waals surface area contributed by atoms with E-state index >= 15 is 0 Å². The van der Waals surface area contributed by atoms with Gasteiger partial charge in [0.25, 0.3) is 0 Å². The van der Waals surface area contributed by atoms with Crippen LogP contribution in [0.15, 0.2) is 0 Å². The molecular formula is C22H46O. The van der Waals surface area contributed by atoms with E-state index in [0.29, 0.717) is 6.61 Å². The zero-order valence-electron chi connectivity index (χ0n) is 16.5. The quantitative estimate of drug-likeness (QED) is 0.242. The summed E-state index contributed by atoms with van der Waals surface area (Å²) in [7, 11) is 0. The van der Waals surface area contributed by atoms with E-state index in [1.165, 1.54) is 109 Å². The molecule has 0 aromatic heterocycles. The molecule has 0 aliphatic carbocycles. The molecule has 140 valence electrons. The van der Waals surface area contributed by atoms with Crippen LogP contribution in [0.1, 0.15) is 129 Å². The summed E-state index contributed by atoms with van der Waals surface area (Å²) in [6, 6.07) is 0. The van der Waals surface area contributed by atoms with E-state index in [4.69, 9.17) is 5.11 Å². The smallest absolute Gasteiger partial charge is 0.0431 e. The van der Waals surface area contributed by atoms with Crippen molar-refractivity contribution in [3.05, 3.63) is 0 Å². The Morgan fingerprint density at radius 3 is 1.13 bits per heavy atom. The van der Waals surface area contributed by atoms with E-state index in [2.05, 4.69) is 13.8 Å². The number of rotatable bonds is 19. The predicted octanol–water partition coefficient (Wildman–Crippen LogP) is 7.66. The first kappa shape index (κ1) is 23.0. The SMILES string of the molecule is CCC(C)CCCCCCCCCCCCCCCCCCO. The van der Waals surface area contributed by atoms with Crippen LogP contribution in [-0.2, 0) is 0 Å². The molecule has 23 heavy (non-hydrogen) atoms. The Balaban J connectivity index is 2.97. The highest BCUT2D eigenvalue weighted by Gasteiger charge is 1.98. The molecule has 1 heteroatoms. The van der Waals surface area contributed by atoms with Crippen LogP contribution < -0.4 is 0 Å². The van der Waals surface area contributed by atoms with Crippen LogP contribution in [0.3, 0.4) is 0 Å². The van der Waals surface area contributed by atoms with E-state index in [9.17, 15) is 0 Å². The van der Waals surface area contributed by atoms with E-state index in [1.807, 2.05) is 0 Å². The first-order valence-electron chi connectivity index (χ1n) is 10.9. The summed E-state index contributed by atoms with van der Waals surface area (Å²) in [5.41, 5.74) is 0. The van der Waals surface area contributed by atoms with Gasteiger partial charge in [0, 0.05) is 6.61 Å². The average Bonchev–Trinajstić information content (AvgIpc) is 2.57. The number of aliphatic hydroxyl groups is 1. The Kier molecular flexibility index (Phi) is 20.0. The lowest BCUT2D eigenvalue weighted by Gasteiger charge is -2.07. The molecule has 0 fully saturated rings. The zero-order valence-corrected chi connectivity index (χ0v) is 16.5. The number of unbranched alkanes of at least 4 members (excludes halogenated alkanes) is 15. The summed E-state index contributed by atoms with van der Waals surface area (Å²) in [5, 5.41) is 8.71. The molecule has 0 amide bonds. The van der Waals surface area contributed by atoms with Gasteiger partial charge in [-0.15, -0.1) is 0 Å². The maximum Gasteiger partial charge on any atom is 0.0431 e. The lowest BCUT2D eigenvalue weighted by molar-refractivity contribution is 0.282. The summed E-state index contributed by atoms with van der Waals surface area (Å²) in [6.45, 7) is 5.07. The number of hydrogen-bond acceptors (Lipinski definition) is 1. The van der Waals surface area contributed by atoms with E-state index in [-0.39, 0.29) is 0 Å². The van der Waals surface area contributed by atoms with Gasteiger partial charge in [-0.3, -0.25) is 0 Å². The van der Waals surface area contributed by atoms with Crippen molar-refractivity contribution < 1.29 is 5.11 Å². The molecule has 0 aliphatic rings. The van der Waals surface area contributed by atoms with Crippen molar-refractivity contribution in [1.29, 1.82) is 0 Å². The van der Waals surface area contributed by atoms with Crippen LogP contribution in [0.5, 0.6) is 0 Å². The highest BCUT2D eigenvalue weighted by Crippen LogP contribution is 2.16. The van der Waals surface area contributed by atoms with Crippen LogP contribution in [0, 0.1) is 5.92 Å². The largest absolute Gasteiger partial charge is 0.396 e. The lowest BCUT2D eigenvalue weighted by Crippen LogP contribution is -1.91. The molecule has 1 N–H and O–H groups in total. The van der Waals surface area contributed by atoms with Gasteiger partial charge in [-0.25, -0.2) is 0 Å². The Bertz CT molecular complexity index is 202. The fourth-order valence-corrected chi connectivity index (χ4v) is 3.28. The minimum atomic E-state index is 0.373. The molecule has 1 nitrogen and oxygen atoms in total.